The van der Waals surface area contributed by atoms with Gasteiger partial charge in [0.05, 0.1) is 23.2 Å². The van der Waals surface area contributed by atoms with E-state index in [1.807, 2.05) is 26.0 Å². The van der Waals surface area contributed by atoms with E-state index in [-0.39, 0.29) is 0 Å². The van der Waals surface area contributed by atoms with Crippen LogP contribution in [0.25, 0.3) is 11.1 Å². The molecule has 5 heteroatoms. The van der Waals surface area contributed by atoms with Crippen LogP contribution < -0.4 is 11.1 Å². The fourth-order valence-corrected chi connectivity index (χ4v) is 3.09. The van der Waals surface area contributed by atoms with Crippen molar-refractivity contribution in [3.63, 3.8) is 0 Å². The van der Waals surface area contributed by atoms with Crippen LogP contribution in [0.4, 0.5) is 11.4 Å². The summed E-state index contributed by atoms with van der Waals surface area (Å²) in [6, 6.07) is 6.50. The third-order valence-electron chi connectivity index (χ3n) is 4.22. The van der Waals surface area contributed by atoms with Gasteiger partial charge in [-0.3, -0.25) is 0 Å². The molecule has 0 bridgehead atoms. The second-order valence-corrected chi connectivity index (χ2v) is 6.05. The number of benzene rings is 1. The van der Waals surface area contributed by atoms with Gasteiger partial charge in [0.25, 0.3) is 0 Å². The Morgan fingerprint density at radius 2 is 2.14 bits per heavy atom. The molecule has 1 aliphatic heterocycles. The molecule has 118 valence electrons. The SMILES string of the molecule is Cc1noc(C)c1-c1ccc(NC2CCO[C@@H](C)C2)c(N)c1. The van der Waals surface area contributed by atoms with Crippen molar-refractivity contribution < 1.29 is 9.26 Å². The number of anilines is 2. The molecular weight excluding hydrogens is 278 g/mol. The van der Waals surface area contributed by atoms with E-state index in [2.05, 4.69) is 23.5 Å². The molecule has 0 amide bonds. The summed E-state index contributed by atoms with van der Waals surface area (Å²) in [7, 11) is 0. The molecule has 2 heterocycles. The van der Waals surface area contributed by atoms with Crippen LogP contribution in [0.1, 0.15) is 31.2 Å². The van der Waals surface area contributed by atoms with Crippen molar-refractivity contribution in [2.75, 3.05) is 17.7 Å². The van der Waals surface area contributed by atoms with E-state index in [9.17, 15) is 0 Å². The van der Waals surface area contributed by atoms with Crippen molar-refractivity contribution in [2.24, 2.45) is 0 Å². The summed E-state index contributed by atoms with van der Waals surface area (Å²) in [6.45, 7) is 6.77. The van der Waals surface area contributed by atoms with Gasteiger partial charge in [0, 0.05) is 18.2 Å². The zero-order chi connectivity index (χ0) is 15.7. The molecule has 0 radical (unpaired) electrons. The number of nitrogen functional groups attached to an aromatic ring is 1. The first-order valence-corrected chi connectivity index (χ1v) is 7.75. The van der Waals surface area contributed by atoms with E-state index >= 15 is 0 Å². The van der Waals surface area contributed by atoms with Crippen LogP contribution in [0.5, 0.6) is 0 Å². The first kappa shape index (κ1) is 14.9. The van der Waals surface area contributed by atoms with Crippen LogP contribution in [0, 0.1) is 13.8 Å². The molecule has 1 aromatic carbocycles. The summed E-state index contributed by atoms with van der Waals surface area (Å²) in [4.78, 5) is 0. The molecule has 5 nitrogen and oxygen atoms in total. The number of hydrogen-bond donors (Lipinski definition) is 2. The third kappa shape index (κ3) is 2.95. The second-order valence-electron chi connectivity index (χ2n) is 6.05. The third-order valence-corrected chi connectivity index (χ3v) is 4.22. The molecule has 2 aromatic rings. The highest BCUT2D eigenvalue weighted by Gasteiger charge is 2.20. The molecule has 0 saturated carbocycles. The average Bonchev–Trinajstić information content (AvgIpc) is 2.81. The number of aryl methyl sites for hydroxylation is 2. The van der Waals surface area contributed by atoms with E-state index in [4.69, 9.17) is 15.0 Å². The van der Waals surface area contributed by atoms with E-state index in [0.717, 1.165) is 53.4 Å². The maximum Gasteiger partial charge on any atom is 0.141 e. The Balaban J connectivity index is 1.81. The van der Waals surface area contributed by atoms with Crippen molar-refractivity contribution >= 4 is 11.4 Å². The lowest BCUT2D eigenvalue weighted by Crippen LogP contribution is -2.32. The molecule has 1 saturated heterocycles. The molecule has 0 spiro atoms. The highest BCUT2D eigenvalue weighted by atomic mass is 16.5. The maximum absolute atomic E-state index is 6.23. The second kappa shape index (κ2) is 6.01. The Bertz CT molecular complexity index is 646. The van der Waals surface area contributed by atoms with Gasteiger partial charge in [-0.2, -0.15) is 0 Å². The maximum atomic E-state index is 6.23. The van der Waals surface area contributed by atoms with E-state index < -0.39 is 0 Å². The van der Waals surface area contributed by atoms with E-state index in [1.165, 1.54) is 0 Å². The van der Waals surface area contributed by atoms with E-state index in [1.54, 1.807) is 0 Å². The molecular formula is C17H23N3O2. The fraction of sp³-hybridized carbons (Fsp3) is 0.471. The van der Waals surface area contributed by atoms with Gasteiger partial charge in [-0.05, 0) is 51.3 Å². The summed E-state index contributed by atoms with van der Waals surface area (Å²) in [5.74, 6) is 0.816. The van der Waals surface area contributed by atoms with Crippen molar-refractivity contribution in [1.82, 2.24) is 5.16 Å². The first-order valence-electron chi connectivity index (χ1n) is 7.75. The van der Waals surface area contributed by atoms with Gasteiger partial charge in [-0.15, -0.1) is 0 Å². The molecule has 0 aliphatic carbocycles. The van der Waals surface area contributed by atoms with Gasteiger partial charge < -0.3 is 20.3 Å². The molecule has 1 fully saturated rings. The predicted molar refractivity (Wildman–Crippen MR) is 87.9 cm³/mol. The van der Waals surface area contributed by atoms with Crippen LogP contribution in [0.2, 0.25) is 0 Å². The smallest absolute Gasteiger partial charge is 0.141 e. The Morgan fingerprint density at radius 1 is 1.32 bits per heavy atom. The van der Waals surface area contributed by atoms with Crippen molar-refractivity contribution in [3.05, 3.63) is 29.7 Å². The summed E-state index contributed by atoms with van der Waals surface area (Å²) >= 11 is 0. The lowest BCUT2D eigenvalue weighted by atomic mass is 10.0. The zero-order valence-electron chi connectivity index (χ0n) is 13.3. The fourth-order valence-electron chi connectivity index (χ4n) is 3.09. The molecule has 3 rings (SSSR count). The standard InChI is InChI=1S/C17H23N3O2/c1-10-8-14(6-7-21-10)19-16-5-4-13(9-15(16)18)17-11(2)20-22-12(17)3/h4-5,9-10,14,19H,6-8,18H2,1-3H3/t10-,14?/m0/s1. The minimum atomic E-state index is 0.300. The Hall–Kier alpha value is -2.01. The van der Waals surface area contributed by atoms with Gasteiger partial charge >= 0.3 is 0 Å². The van der Waals surface area contributed by atoms with E-state index in [0.29, 0.717) is 12.1 Å². The minimum absolute atomic E-state index is 0.300. The Morgan fingerprint density at radius 3 is 2.77 bits per heavy atom. The first-order chi connectivity index (χ1) is 10.5. The van der Waals surface area contributed by atoms with Crippen LogP contribution >= 0.6 is 0 Å². The quantitative estimate of drug-likeness (QED) is 0.849. The van der Waals surface area contributed by atoms with Crippen LogP contribution in [0.3, 0.4) is 0 Å². The summed E-state index contributed by atoms with van der Waals surface area (Å²) in [6.07, 6.45) is 2.31. The number of ether oxygens (including phenoxy) is 1. The lowest BCUT2D eigenvalue weighted by Gasteiger charge is -2.29. The molecule has 22 heavy (non-hydrogen) atoms. The number of hydrogen-bond acceptors (Lipinski definition) is 5. The van der Waals surface area contributed by atoms with Crippen LogP contribution in [-0.2, 0) is 4.74 Å². The van der Waals surface area contributed by atoms with Gasteiger partial charge in [0.15, 0.2) is 0 Å². The molecule has 1 aromatic heterocycles. The van der Waals surface area contributed by atoms with Gasteiger partial charge in [-0.25, -0.2) is 0 Å². The number of nitrogens with one attached hydrogen (secondary N) is 1. The van der Waals surface area contributed by atoms with Gasteiger partial charge in [-0.1, -0.05) is 11.2 Å². The Labute approximate surface area is 130 Å². The Kier molecular flexibility index (Phi) is 4.07. The predicted octanol–water partition coefficient (Wildman–Crippen LogP) is 3.52. The summed E-state index contributed by atoms with van der Waals surface area (Å²) in [5.41, 5.74) is 10.9. The molecule has 3 N–H and O–H groups in total. The van der Waals surface area contributed by atoms with Crippen LogP contribution in [0.15, 0.2) is 22.7 Å². The topological polar surface area (TPSA) is 73.3 Å². The molecule has 2 atom stereocenters. The number of nitrogens with two attached hydrogens (primary N) is 1. The monoisotopic (exact) mass is 301 g/mol. The largest absolute Gasteiger partial charge is 0.397 e. The summed E-state index contributed by atoms with van der Waals surface area (Å²) < 4.78 is 10.8. The van der Waals surface area contributed by atoms with Gasteiger partial charge in [0.1, 0.15) is 5.76 Å². The number of rotatable bonds is 3. The average molecular weight is 301 g/mol. The van der Waals surface area contributed by atoms with Gasteiger partial charge in [0.2, 0.25) is 0 Å². The number of nitrogens with zero attached hydrogens (tertiary/aromatic N) is 1. The minimum Gasteiger partial charge on any atom is -0.397 e. The zero-order valence-corrected chi connectivity index (χ0v) is 13.3. The lowest BCUT2D eigenvalue weighted by molar-refractivity contribution is 0.0232. The summed E-state index contributed by atoms with van der Waals surface area (Å²) in [5, 5.41) is 7.54. The highest BCUT2D eigenvalue weighted by Crippen LogP contribution is 2.32. The van der Waals surface area contributed by atoms with Crippen molar-refractivity contribution in [1.29, 1.82) is 0 Å². The van der Waals surface area contributed by atoms with Crippen LogP contribution in [-0.4, -0.2) is 23.9 Å². The normalized spacial score (nSPS) is 21.8. The number of aromatic nitrogens is 1. The highest BCUT2D eigenvalue weighted by molar-refractivity contribution is 5.77. The van der Waals surface area contributed by atoms with Crippen molar-refractivity contribution in [3.8, 4) is 11.1 Å². The van der Waals surface area contributed by atoms with Crippen molar-refractivity contribution in [2.45, 2.75) is 45.8 Å². The molecule has 1 unspecified atom stereocenters. The molecule has 1 aliphatic rings.